The zero-order chi connectivity index (χ0) is 15.1. The second kappa shape index (κ2) is 15.8. The number of hydrogen-bond acceptors (Lipinski definition) is 0. The van der Waals surface area contributed by atoms with Crippen molar-refractivity contribution in [2.75, 3.05) is 0 Å². The van der Waals surface area contributed by atoms with Gasteiger partial charge < -0.3 is 0 Å². The summed E-state index contributed by atoms with van der Waals surface area (Å²) in [6.07, 6.45) is 17.8. The maximum Gasteiger partial charge on any atom is 0.0246 e. The molecule has 0 aromatic carbocycles. The van der Waals surface area contributed by atoms with E-state index in [0.717, 1.165) is 0 Å². The van der Waals surface area contributed by atoms with Gasteiger partial charge in [0.05, 0.1) is 0 Å². The summed E-state index contributed by atoms with van der Waals surface area (Å²) in [5.41, 5.74) is 0. The molecule has 0 bridgehead atoms. The molecule has 0 radical (unpaired) electrons. The molecule has 0 rings (SSSR count). The first kappa shape index (κ1) is 20.4. The average molecular weight is 315 g/mol. The Balaban J connectivity index is 3.35. The van der Waals surface area contributed by atoms with Gasteiger partial charge in [0.25, 0.3) is 0 Å². The normalized spacial score (nSPS) is 14.4. The summed E-state index contributed by atoms with van der Waals surface area (Å²) in [6, 6.07) is 3.32. The van der Waals surface area contributed by atoms with Crippen LogP contribution in [0.1, 0.15) is 90.9 Å². The minimum atomic E-state index is -0.281. The van der Waals surface area contributed by atoms with Crippen molar-refractivity contribution >= 4 is 16.6 Å². The maximum atomic E-state index is 2.68. The fourth-order valence-corrected chi connectivity index (χ4v) is 10.9. The molecule has 2 heteroatoms. The van der Waals surface area contributed by atoms with Crippen molar-refractivity contribution in [1.82, 2.24) is 0 Å². The summed E-state index contributed by atoms with van der Waals surface area (Å²) >= 11 is 0. The van der Waals surface area contributed by atoms with Crippen LogP contribution in [0.5, 0.6) is 0 Å². The third kappa shape index (κ3) is 13.4. The Labute approximate surface area is 133 Å². The van der Waals surface area contributed by atoms with E-state index in [4.69, 9.17) is 0 Å². The van der Waals surface area contributed by atoms with Crippen molar-refractivity contribution in [3.8, 4) is 0 Å². The van der Waals surface area contributed by atoms with Gasteiger partial charge in [-0.05, 0) is 0 Å². The van der Waals surface area contributed by atoms with E-state index in [-0.39, 0.29) is 16.6 Å². The molecule has 0 aliphatic carbocycles. The fraction of sp³-hybridized carbons (Fsp3) is 1.00. The smallest absolute Gasteiger partial charge is 0.0246 e. The Morgan fingerprint density at radius 3 is 1.10 bits per heavy atom. The monoisotopic (exact) mass is 314 g/mol. The molecule has 0 heterocycles. The van der Waals surface area contributed by atoms with Gasteiger partial charge in [-0.1, -0.05) is 116 Å². The second-order valence-electron chi connectivity index (χ2n) is 7.07. The van der Waals surface area contributed by atoms with Crippen LogP contribution in [-0.4, -0.2) is 16.6 Å². The average Bonchev–Trinajstić information content (AvgIpc) is 2.45. The molecular formula is C18H42Si2. The minimum absolute atomic E-state index is 0.281. The Morgan fingerprint density at radius 1 is 0.450 bits per heavy atom. The predicted molar refractivity (Wildman–Crippen MR) is 102 cm³/mol. The van der Waals surface area contributed by atoms with E-state index < -0.39 is 0 Å². The zero-order valence-electron chi connectivity index (χ0n) is 15.1. The van der Waals surface area contributed by atoms with Crippen molar-refractivity contribution in [2.45, 2.75) is 116 Å². The van der Waals surface area contributed by atoms with Crippen molar-refractivity contribution < 1.29 is 0 Å². The molecule has 122 valence electrons. The third-order valence-electron chi connectivity index (χ3n) is 5.00. The molecule has 0 fully saturated rings. The molecule has 2 atom stereocenters. The van der Waals surface area contributed by atoms with Gasteiger partial charge in [0.15, 0.2) is 0 Å². The molecule has 0 spiro atoms. The van der Waals surface area contributed by atoms with Gasteiger partial charge in [-0.3, -0.25) is 0 Å². The Morgan fingerprint density at radius 2 is 0.750 bits per heavy atom. The van der Waals surface area contributed by atoms with Crippen LogP contribution in [0.2, 0.25) is 25.2 Å². The molecular weight excluding hydrogens is 272 g/mol. The van der Waals surface area contributed by atoms with Gasteiger partial charge in [0, 0.05) is 16.6 Å². The number of rotatable bonds is 15. The van der Waals surface area contributed by atoms with Gasteiger partial charge in [-0.25, -0.2) is 0 Å². The standard InChI is InChI=1S/C18H42Si2/c1-5-7-9-11-13-15-17-19(3)20(4)18-16-14-12-10-8-6-2/h19-20H,5-18H2,1-4H3. The largest absolute Gasteiger partial charge is 0.0741 e. The first-order chi connectivity index (χ1) is 9.72. The molecule has 0 aromatic rings. The van der Waals surface area contributed by atoms with Crippen LogP contribution in [0.15, 0.2) is 0 Å². The van der Waals surface area contributed by atoms with Gasteiger partial charge >= 0.3 is 0 Å². The maximum absolute atomic E-state index is 2.68. The topological polar surface area (TPSA) is 0 Å². The Bertz CT molecular complexity index is 162. The lowest BCUT2D eigenvalue weighted by Crippen LogP contribution is -2.29. The zero-order valence-corrected chi connectivity index (χ0v) is 17.4. The lowest BCUT2D eigenvalue weighted by molar-refractivity contribution is 0.622. The highest BCUT2D eigenvalue weighted by molar-refractivity contribution is 7.21. The van der Waals surface area contributed by atoms with Crippen LogP contribution >= 0.6 is 0 Å². The summed E-state index contributed by atoms with van der Waals surface area (Å²) in [5, 5.41) is 0. The van der Waals surface area contributed by atoms with Gasteiger partial charge in [-0.15, -0.1) is 0 Å². The first-order valence-corrected chi connectivity index (χ1v) is 16.3. The van der Waals surface area contributed by atoms with Crippen LogP contribution in [0.25, 0.3) is 0 Å². The second-order valence-corrected chi connectivity index (χ2v) is 19.0. The molecule has 0 saturated carbocycles. The molecule has 0 N–H and O–H groups in total. The van der Waals surface area contributed by atoms with Crippen LogP contribution < -0.4 is 0 Å². The predicted octanol–water partition coefficient (Wildman–Crippen LogP) is 6.50. The van der Waals surface area contributed by atoms with Crippen molar-refractivity contribution in [3.63, 3.8) is 0 Å². The molecule has 0 aromatic heterocycles. The molecule has 0 amide bonds. The van der Waals surface area contributed by atoms with E-state index in [1.54, 1.807) is 24.9 Å². The summed E-state index contributed by atoms with van der Waals surface area (Å²) < 4.78 is 0. The summed E-state index contributed by atoms with van der Waals surface area (Å²) in [7, 11) is -0.562. The highest BCUT2D eigenvalue weighted by atomic mass is 29.2. The van der Waals surface area contributed by atoms with E-state index in [9.17, 15) is 0 Å². The van der Waals surface area contributed by atoms with Crippen LogP contribution in [-0.2, 0) is 0 Å². The summed E-state index contributed by atoms with van der Waals surface area (Å²) in [4.78, 5) is 0. The molecule has 2 unspecified atom stereocenters. The Hall–Kier alpha value is 0.434. The van der Waals surface area contributed by atoms with Crippen LogP contribution in [0.4, 0.5) is 0 Å². The molecule has 0 saturated heterocycles. The highest BCUT2D eigenvalue weighted by Gasteiger charge is 2.14. The molecule has 0 nitrogen and oxygen atoms in total. The summed E-state index contributed by atoms with van der Waals surface area (Å²) in [5.74, 6) is 0. The number of hydrogen-bond donors (Lipinski definition) is 0. The van der Waals surface area contributed by atoms with Crippen molar-refractivity contribution in [2.24, 2.45) is 0 Å². The summed E-state index contributed by atoms with van der Waals surface area (Å²) in [6.45, 7) is 9.98. The van der Waals surface area contributed by atoms with E-state index in [0.29, 0.717) is 0 Å². The molecule has 0 aliphatic heterocycles. The lowest BCUT2D eigenvalue weighted by Gasteiger charge is -2.17. The molecule has 20 heavy (non-hydrogen) atoms. The highest BCUT2D eigenvalue weighted by Crippen LogP contribution is 2.14. The van der Waals surface area contributed by atoms with Gasteiger partial charge in [0.1, 0.15) is 0 Å². The Kier molecular flexibility index (Phi) is 16.2. The first-order valence-electron chi connectivity index (χ1n) is 9.72. The van der Waals surface area contributed by atoms with E-state index >= 15 is 0 Å². The van der Waals surface area contributed by atoms with Crippen LogP contribution in [0.3, 0.4) is 0 Å². The van der Waals surface area contributed by atoms with Crippen molar-refractivity contribution in [3.05, 3.63) is 0 Å². The van der Waals surface area contributed by atoms with E-state index in [1.807, 2.05) is 0 Å². The third-order valence-corrected chi connectivity index (χ3v) is 17.4. The van der Waals surface area contributed by atoms with Crippen molar-refractivity contribution in [1.29, 1.82) is 0 Å². The molecule has 0 aliphatic rings. The number of unbranched alkanes of at least 4 members (excludes halogenated alkanes) is 10. The lowest BCUT2D eigenvalue weighted by atomic mass is 10.1. The minimum Gasteiger partial charge on any atom is -0.0741 e. The van der Waals surface area contributed by atoms with Crippen LogP contribution in [0, 0.1) is 0 Å². The van der Waals surface area contributed by atoms with E-state index in [2.05, 4.69) is 26.9 Å². The van der Waals surface area contributed by atoms with E-state index in [1.165, 1.54) is 64.2 Å². The van der Waals surface area contributed by atoms with Gasteiger partial charge in [0.2, 0.25) is 0 Å². The quantitative estimate of drug-likeness (QED) is 0.239. The SMILES string of the molecule is CCCCCCCC[SiH](C)[SiH](C)CCCCCCCC. The van der Waals surface area contributed by atoms with Gasteiger partial charge in [-0.2, -0.15) is 0 Å². The fourth-order valence-electron chi connectivity index (χ4n) is 3.06.